The lowest BCUT2D eigenvalue weighted by molar-refractivity contribution is -0.175. The fraction of sp³-hybridized carbons (Fsp3) is 0.444. The first-order valence-corrected chi connectivity index (χ1v) is 13.0. The van der Waals surface area contributed by atoms with Gasteiger partial charge >= 0.3 is 12.1 Å². The van der Waals surface area contributed by atoms with Gasteiger partial charge in [-0.1, -0.05) is 49.7 Å². The van der Waals surface area contributed by atoms with Crippen molar-refractivity contribution in [2.24, 2.45) is 11.7 Å². The van der Waals surface area contributed by atoms with Gasteiger partial charge in [-0.15, -0.1) is 0 Å². The highest BCUT2D eigenvalue weighted by Crippen LogP contribution is 2.27. The molecular formula is C27H32ClF5N4O5. The molecule has 0 bridgehead atoms. The van der Waals surface area contributed by atoms with E-state index in [-0.39, 0.29) is 12.0 Å². The van der Waals surface area contributed by atoms with Crippen molar-refractivity contribution in [1.82, 2.24) is 16.0 Å². The molecule has 0 radical (unpaired) electrons. The lowest BCUT2D eigenvalue weighted by atomic mass is 9.93. The molecule has 2 aromatic carbocycles. The van der Waals surface area contributed by atoms with Crippen molar-refractivity contribution in [2.75, 3.05) is 13.7 Å². The first-order valence-electron chi connectivity index (χ1n) is 12.6. The molecule has 2 rings (SSSR count). The second kappa shape index (κ2) is 14.6. The molecule has 0 heterocycles. The molecule has 3 amide bonds. The number of nitrogens with one attached hydrogen (secondary N) is 3. The molecule has 0 aliphatic heterocycles. The molecule has 0 saturated carbocycles. The average Bonchev–Trinajstić information content (AvgIpc) is 2.92. The molecule has 0 fully saturated rings. The maximum atomic E-state index is 14.7. The van der Waals surface area contributed by atoms with E-state index in [4.69, 9.17) is 22.1 Å². The fourth-order valence-electron chi connectivity index (χ4n) is 3.87. The number of carbonyl (C=O) groups is 3. The third kappa shape index (κ3) is 9.81. The van der Waals surface area contributed by atoms with Gasteiger partial charge in [0.1, 0.15) is 24.4 Å². The normalized spacial score (nSPS) is 14.9. The molecule has 0 aromatic heterocycles. The van der Waals surface area contributed by atoms with Gasteiger partial charge in [0.25, 0.3) is 5.91 Å². The molecule has 9 nitrogen and oxygen atoms in total. The van der Waals surface area contributed by atoms with Crippen LogP contribution in [0, 0.1) is 5.92 Å². The monoisotopic (exact) mass is 622 g/mol. The zero-order chi connectivity index (χ0) is 31.8. The van der Waals surface area contributed by atoms with Crippen LogP contribution in [-0.2, 0) is 20.8 Å². The second-order valence-electron chi connectivity index (χ2n) is 9.80. The van der Waals surface area contributed by atoms with Crippen molar-refractivity contribution in [3.8, 4) is 5.75 Å². The van der Waals surface area contributed by atoms with Gasteiger partial charge in [-0.25, -0.2) is 0 Å². The number of ether oxygens (including phenoxy) is 1. The summed E-state index contributed by atoms with van der Waals surface area (Å²) in [5.41, 5.74) is 6.86. The van der Waals surface area contributed by atoms with Crippen LogP contribution >= 0.6 is 11.6 Å². The maximum Gasteiger partial charge on any atom is 0.405 e. The molecule has 0 aliphatic carbocycles. The van der Waals surface area contributed by atoms with E-state index in [1.165, 1.54) is 45.2 Å². The van der Waals surface area contributed by atoms with E-state index in [0.29, 0.717) is 16.3 Å². The van der Waals surface area contributed by atoms with E-state index in [9.17, 15) is 41.4 Å². The molecule has 42 heavy (non-hydrogen) atoms. The standard InChI is InChI=1S/C27H32ClF5N4O5/c1-14(2)20(22(38)27(32,33)25(41)35-13-26(29,30)31)36-24(40)21(16-7-9-18(42-3)10-8-16)37-23(39)19(34)12-15-5-4-6-17(28)11-15/h4-11,14,19-22,38H,12-13,34H2,1-3H3,(H,35,41)(H,36,40)(H,37,39). The van der Waals surface area contributed by atoms with E-state index in [0.717, 1.165) is 5.32 Å². The van der Waals surface area contributed by atoms with Gasteiger partial charge in [-0.2, -0.15) is 22.0 Å². The van der Waals surface area contributed by atoms with Gasteiger partial charge in [-0.05, 0) is 47.7 Å². The van der Waals surface area contributed by atoms with Gasteiger partial charge in [0.05, 0.1) is 19.2 Å². The molecule has 0 saturated heterocycles. The lowest BCUT2D eigenvalue weighted by Crippen LogP contribution is -2.60. The predicted octanol–water partition coefficient (Wildman–Crippen LogP) is 2.89. The number of benzene rings is 2. The largest absolute Gasteiger partial charge is 0.497 e. The van der Waals surface area contributed by atoms with Crippen LogP contribution < -0.4 is 26.4 Å². The van der Waals surface area contributed by atoms with Crippen LogP contribution in [0.25, 0.3) is 0 Å². The maximum absolute atomic E-state index is 14.7. The molecule has 2 aromatic rings. The topological polar surface area (TPSA) is 143 Å². The summed E-state index contributed by atoms with van der Waals surface area (Å²) in [6, 6.07) is 7.85. The van der Waals surface area contributed by atoms with Gasteiger partial charge < -0.3 is 31.5 Å². The van der Waals surface area contributed by atoms with Gasteiger partial charge in [0, 0.05) is 5.02 Å². The van der Waals surface area contributed by atoms with Crippen molar-refractivity contribution in [3.63, 3.8) is 0 Å². The van der Waals surface area contributed by atoms with Crippen LogP contribution in [0.5, 0.6) is 5.75 Å². The Morgan fingerprint density at radius 1 is 1.00 bits per heavy atom. The summed E-state index contributed by atoms with van der Waals surface area (Å²) >= 11 is 5.97. The lowest BCUT2D eigenvalue weighted by Gasteiger charge is -2.33. The van der Waals surface area contributed by atoms with Crippen LogP contribution in [0.3, 0.4) is 0 Å². The van der Waals surface area contributed by atoms with E-state index in [2.05, 4.69) is 10.6 Å². The van der Waals surface area contributed by atoms with Gasteiger partial charge in [0.2, 0.25) is 11.8 Å². The number of amides is 3. The zero-order valence-corrected chi connectivity index (χ0v) is 23.6. The number of methoxy groups -OCH3 is 1. The first kappa shape index (κ1) is 34.7. The Kier molecular flexibility index (Phi) is 12.1. The minimum Gasteiger partial charge on any atom is -0.497 e. The highest BCUT2D eigenvalue weighted by molar-refractivity contribution is 6.30. The molecule has 0 spiro atoms. The highest BCUT2D eigenvalue weighted by Gasteiger charge is 2.52. The minimum absolute atomic E-state index is 0.0376. The number of alkyl halides is 5. The Morgan fingerprint density at radius 3 is 2.14 bits per heavy atom. The summed E-state index contributed by atoms with van der Waals surface area (Å²) in [4.78, 5) is 38.3. The van der Waals surface area contributed by atoms with E-state index < -0.39 is 66.5 Å². The van der Waals surface area contributed by atoms with Crippen LogP contribution in [-0.4, -0.2) is 66.8 Å². The van der Waals surface area contributed by atoms with Crippen molar-refractivity contribution in [1.29, 1.82) is 0 Å². The van der Waals surface area contributed by atoms with Crippen molar-refractivity contribution < 1.29 is 46.2 Å². The zero-order valence-electron chi connectivity index (χ0n) is 22.8. The smallest absolute Gasteiger partial charge is 0.405 e. The highest BCUT2D eigenvalue weighted by atomic mass is 35.5. The fourth-order valence-corrected chi connectivity index (χ4v) is 4.09. The number of nitrogens with two attached hydrogens (primary N) is 1. The summed E-state index contributed by atoms with van der Waals surface area (Å²) < 4.78 is 71.8. The third-order valence-corrected chi connectivity index (χ3v) is 6.41. The molecular weight excluding hydrogens is 591 g/mol. The number of rotatable bonds is 13. The van der Waals surface area contributed by atoms with E-state index in [1.54, 1.807) is 24.3 Å². The molecule has 4 unspecified atom stereocenters. The van der Waals surface area contributed by atoms with Crippen LogP contribution in [0.1, 0.15) is 31.0 Å². The number of carbonyl (C=O) groups excluding carboxylic acids is 3. The Bertz CT molecular complexity index is 1230. The van der Waals surface area contributed by atoms with E-state index in [1.807, 2.05) is 0 Å². The Hall–Kier alpha value is -3.49. The molecule has 15 heteroatoms. The van der Waals surface area contributed by atoms with E-state index >= 15 is 0 Å². The molecule has 6 N–H and O–H groups in total. The summed E-state index contributed by atoms with van der Waals surface area (Å²) in [5, 5.41) is 16.5. The van der Waals surface area contributed by atoms with Crippen LogP contribution in [0.15, 0.2) is 48.5 Å². The number of aliphatic hydroxyl groups excluding tert-OH is 1. The van der Waals surface area contributed by atoms with Crippen molar-refractivity contribution >= 4 is 29.3 Å². The van der Waals surface area contributed by atoms with Gasteiger partial charge in [0.15, 0.2) is 0 Å². The second-order valence-corrected chi connectivity index (χ2v) is 10.2. The van der Waals surface area contributed by atoms with Gasteiger partial charge in [-0.3, -0.25) is 14.4 Å². The number of hydrogen-bond acceptors (Lipinski definition) is 6. The molecule has 0 aliphatic rings. The summed E-state index contributed by atoms with van der Waals surface area (Å²) in [6.07, 6.45) is -7.86. The number of halogens is 6. The Morgan fingerprint density at radius 2 is 1.62 bits per heavy atom. The number of aliphatic hydroxyl groups is 1. The Labute approximate surface area is 243 Å². The number of hydrogen-bond donors (Lipinski definition) is 5. The summed E-state index contributed by atoms with van der Waals surface area (Å²) in [5.74, 6) is -9.48. The minimum atomic E-state index is -4.97. The Balaban J connectivity index is 2.30. The SMILES string of the molecule is COc1ccc(C(NC(=O)C(N)Cc2cccc(Cl)c2)C(=O)NC(C(C)C)C(O)C(F)(F)C(=O)NCC(F)(F)F)cc1. The van der Waals surface area contributed by atoms with Crippen molar-refractivity contribution in [2.45, 2.75) is 56.6 Å². The third-order valence-electron chi connectivity index (χ3n) is 6.17. The summed E-state index contributed by atoms with van der Waals surface area (Å²) in [6.45, 7) is 0.618. The first-order chi connectivity index (χ1) is 19.5. The average molecular weight is 623 g/mol. The van der Waals surface area contributed by atoms with Crippen LogP contribution in [0.2, 0.25) is 5.02 Å². The van der Waals surface area contributed by atoms with Crippen molar-refractivity contribution in [3.05, 3.63) is 64.7 Å². The molecule has 4 atom stereocenters. The summed E-state index contributed by atoms with van der Waals surface area (Å²) in [7, 11) is 1.40. The quantitative estimate of drug-likeness (QED) is 0.218. The molecule has 232 valence electrons. The van der Waals surface area contributed by atoms with Crippen LogP contribution in [0.4, 0.5) is 22.0 Å². The predicted molar refractivity (Wildman–Crippen MR) is 144 cm³/mol.